The summed E-state index contributed by atoms with van der Waals surface area (Å²) in [4.78, 5) is 54.1. The third-order valence-electron chi connectivity index (χ3n) is 11.6. The van der Waals surface area contributed by atoms with Crippen LogP contribution >= 0.6 is 0 Å². The zero-order valence-electron chi connectivity index (χ0n) is 32.4. The van der Waals surface area contributed by atoms with Crippen LogP contribution in [0.15, 0.2) is 60.7 Å². The molecule has 10 N–H and O–H groups in total. The molecule has 0 radical (unpaired) electrons. The topological polar surface area (TPSA) is 354 Å². The normalized spacial score (nSPS) is 29.6. The fourth-order valence-corrected chi connectivity index (χ4v) is 8.68. The number of carbonyl (C=O) groups is 4. The first-order chi connectivity index (χ1) is 29.5. The van der Waals surface area contributed by atoms with Crippen LogP contribution in [0.1, 0.15) is 86.6 Å². The molecule has 2 heterocycles. The number of carboxylic acid groups (broad SMARTS) is 2. The van der Waals surface area contributed by atoms with Crippen molar-refractivity contribution in [1.82, 2.24) is 0 Å². The maximum absolute atomic E-state index is 14.6. The van der Waals surface area contributed by atoms with E-state index in [1.54, 1.807) is 0 Å². The number of carboxylic acids is 2. The number of rotatable bonds is 9. The van der Waals surface area contributed by atoms with Crippen LogP contribution in [0.25, 0.3) is 0 Å². The zero-order chi connectivity index (χ0) is 44.6. The molecule has 0 spiro atoms. The van der Waals surface area contributed by atoms with Gasteiger partial charge in [-0.3, -0.25) is 9.59 Å². The van der Waals surface area contributed by atoms with Crippen LogP contribution in [-0.4, -0.2) is 187 Å². The van der Waals surface area contributed by atoms with Gasteiger partial charge in [0.05, 0.1) is 35.5 Å². The van der Waals surface area contributed by atoms with Crippen LogP contribution in [0.4, 0.5) is 0 Å². The van der Waals surface area contributed by atoms with Crippen LogP contribution in [0, 0.1) is 0 Å². The first-order valence-corrected chi connectivity index (χ1v) is 18.9. The van der Waals surface area contributed by atoms with Crippen LogP contribution in [0.3, 0.4) is 0 Å². The Labute approximate surface area is 384 Å². The number of ketones is 2. The van der Waals surface area contributed by atoms with Crippen molar-refractivity contribution >= 4 is 61.2 Å². The van der Waals surface area contributed by atoms with Crippen molar-refractivity contribution in [2.24, 2.45) is 0 Å². The summed E-state index contributed by atoms with van der Waals surface area (Å²) in [5, 5.41) is 131. The molecular formula is C42H36CaO20. The Morgan fingerprint density at radius 1 is 0.540 bits per heavy atom. The van der Waals surface area contributed by atoms with Crippen molar-refractivity contribution in [2.75, 3.05) is 13.2 Å². The maximum atomic E-state index is 14.6. The van der Waals surface area contributed by atoms with E-state index in [1.807, 2.05) is 0 Å². The molecule has 0 unspecified atom stereocenters. The largest absolute Gasteiger partial charge is 2.00 e. The average Bonchev–Trinajstić information content (AvgIpc) is 3.24. The molecule has 0 aromatic heterocycles. The predicted molar refractivity (Wildman–Crippen MR) is 204 cm³/mol. The Morgan fingerprint density at radius 3 is 1.24 bits per heavy atom. The number of hydrogen-bond donors (Lipinski definition) is 10. The van der Waals surface area contributed by atoms with Gasteiger partial charge in [-0.05, 0) is 46.5 Å². The van der Waals surface area contributed by atoms with Gasteiger partial charge < -0.3 is 80.2 Å². The molecule has 4 aromatic carbocycles. The standard InChI is InChI=1S/C42H38O20.Ca/c43-11-23-31(47)35(51)37(53)41(61-23)59-21-5-1-3-15-25(17-7-13(39(55)56)9-19(45)27(17)33(49)29(15)21)26-16-4-2-6-22(60-42-38(54)36(52)32(48)24(12-44)62-42)30(16)34(50)28-18(26)8-14(40(57)58)10-20(28)46;/h1-10,23-26,31-32,35-38,41-48,51-54H,11-12H2,(H,55,56)(H,57,58);/q;+2/p-2/t23-,24-,25-,26-,31-,32-,35+,36+,37-,38-,41-,42-;/m1./s1. The van der Waals surface area contributed by atoms with Gasteiger partial charge in [-0.2, -0.15) is 0 Å². The number of hydrogen-bond acceptors (Lipinski definition) is 18. The van der Waals surface area contributed by atoms with Gasteiger partial charge in [0.2, 0.25) is 12.6 Å². The molecule has 20 nitrogen and oxygen atoms in total. The molecule has 4 aromatic rings. The van der Waals surface area contributed by atoms with E-state index < -0.39 is 144 Å². The van der Waals surface area contributed by atoms with E-state index in [0.29, 0.717) is 12.1 Å². The SMILES string of the molecule is O=C(O)c1cc([O-])c2c(c1)[C@H]([C@H]1c3cc(C(=O)O)cc([O-])c3C(=O)c3c(O[C@@H]4O[C@H](CO)[C@@H](O)[C@H](O)[C@H]4O)cccc31)c1cccc(O[C@@H]3O[C@H](CO)[C@@H](O)[C@H](O)[C@H]3O)c1C2=O.[Ca+2]. The van der Waals surface area contributed by atoms with Gasteiger partial charge in [0.25, 0.3) is 0 Å². The summed E-state index contributed by atoms with van der Waals surface area (Å²) in [6, 6.07) is 11.4. The molecule has 2 fully saturated rings. The summed E-state index contributed by atoms with van der Waals surface area (Å²) in [5.74, 6) is -11.1. The van der Waals surface area contributed by atoms with Gasteiger partial charge >= 0.3 is 49.7 Å². The fraction of sp³-hybridized carbons (Fsp3) is 0.333. The van der Waals surface area contributed by atoms with E-state index in [0.717, 1.165) is 12.1 Å². The molecule has 63 heavy (non-hydrogen) atoms. The van der Waals surface area contributed by atoms with E-state index in [1.165, 1.54) is 36.4 Å². The maximum Gasteiger partial charge on any atom is 2.00 e. The molecule has 2 aliphatic heterocycles. The second kappa shape index (κ2) is 17.7. The Balaban J connectivity index is 0.00000595. The molecule has 8 rings (SSSR count). The molecule has 4 aliphatic rings. The Bertz CT molecular complexity index is 2330. The first kappa shape index (κ1) is 46.2. The van der Waals surface area contributed by atoms with Gasteiger partial charge in [0, 0.05) is 23.0 Å². The third kappa shape index (κ3) is 7.63. The number of fused-ring (bicyclic) bond motifs is 4. The minimum atomic E-state index is -1.96. The summed E-state index contributed by atoms with van der Waals surface area (Å²) in [6.45, 7) is -1.67. The van der Waals surface area contributed by atoms with Crippen molar-refractivity contribution in [3.63, 3.8) is 0 Å². The molecule has 2 aliphatic carbocycles. The van der Waals surface area contributed by atoms with Crippen molar-refractivity contribution in [2.45, 2.75) is 73.2 Å². The summed E-state index contributed by atoms with van der Waals surface area (Å²) in [5.41, 5.74) is -3.65. The summed E-state index contributed by atoms with van der Waals surface area (Å²) in [7, 11) is 0. The average molecular weight is 901 g/mol. The second-order valence-corrected chi connectivity index (χ2v) is 15.2. The third-order valence-corrected chi connectivity index (χ3v) is 11.6. The smallest absolute Gasteiger partial charge is 0.872 e. The summed E-state index contributed by atoms with van der Waals surface area (Å²) < 4.78 is 22.9. The summed E-state index contributed by atoms with van der Waals surface area (Å²) in [6.07, 6.45) is -17.9. The minimum Gasteiger partial charge on any atom is -0.872 e. The van der Waals surface area contributed by atoms with Gasteiger partial charge in [0.1, 0.15) is 60.3 Å². The second-order valence-electron chi connectivity index (χ2n) is 15.2. The molecule has 21 heteroatoms. The van der Waals surface area contributed by atoms with E-state index in [9.17, 15) is 80.5 Å². The predicted octanol–water partition coefficient (Wildman–Crippen LogP) is -2.74. The zero-order valence-corrected chi connectivity index (χ0v) is 34.6. The molecule has 0 amide bonds. The minimum absolute atomic E-state index is 0. The Kier molecular flexibility index (Phi) is 13.0. The van der Waals surface area contributed by atoms with Crippen LogP contribution in [0.5, 0.6) is 23.0 Å². The van der Waals surface area contributed by atoms with E-state index in [-0.39, 0.29) is 82.6 Å². The van der Waals surface area contributed by atoms with Crippen molar-refractivity contribution in [1.29, 1.82) is 0 Å². The van der Waals surface area contributed by atoms with Crippen LogP contribution in [0.2, 0.25) is 0 Å². The monoisotopic (exact) mass is 900 g/mol. The summed E-state index contributed by atoms with van der Waals surface area (Å²) >= 11 is 0. The number of ether oxygens (including phenoxy) is 4. The van der Waals surface area contributed by atoms with Gasteiger partial charge in [-0.15, -0.1) is 0 Å². The van der Waals surface area contributed by atoms with Crippen LogP contribution < -0.4 is 19.7 Å². The number of aliphatic hydroxyl groups is 8. The van der Waals surface area contributed by atoms with Gasteiger partial charge in [-0.1, -0.05) is 47.9 Å². The molecule has 326 valence electrons. The van der Waals surface area contributed by atoms with E-state index in [2.05, 4.69) is 0 Å². The van der Waals surface area contributed by atoms with Crippen LogP contribution in [-0.2, 0) is 9.47 Å². The van der Waals surface area contributed by atoms with Gasteiger partial charge in [-0.25, -0.2) is 9.59 Å². The fourth-order valence-electron chi connectivity index (χ4n) is 8.68. The molecule has 0 bridgehead atoms. The van der Waals surface area contributed by atoms with Gasteiger partial charge in [0.15, 0.2) is 11.6 Å². The van der Waals surface area contributed by atoms with Crippen molar-refractivity contribution < 1.29 is 99.4 Å². The quantitative estimate of drug-likeness (QED) is 0.0762. The number of aromatic carboxylic acids is 2. The van der Waals surface area contributed by atoms with E-state index in [4.69, 9.17) is 18.9 Å². The van der Waals surface area contributed by atoms with Crippen molar-refractivity contribution in [3.8, 4) is 23.0 Å². The first-order valence-electron chi connectivity index (χ1n) is 18.9. The Hall–Kier alpha value is -4.78. The molecular weight excluding hydrogens is 865 g/mol. The molecule has 0 saturated carbocycles. The number of carbonyl (C=O) groups excluding carboxylic acids is 2. The number of aliphatic hydroxyl groups excluding tert-OH is 8. The molecule has 12 atom stereocenters. The number of benzene rings is 4. The van der Waals surface area contributed by atoms with Crippen molar-refractivity contribution in [3.05, 3.63) is 116 Å². The Morgan fingerprint density at radius 2 is 0.905 bits per heavy atom. The van der Waals surface area contributed by atoms with E-state index >= 15 is 0 Å². The molecule has 2 saturated heterocycles.